The number of aromatic nitrogens is 1. The van der Waals surface area contributed by atoms with Crippen LogP contribution in [0.2, 0.25) is 0 Å². The van der Waals surface area contributed by atoms with Crippen molar-refractivity contribution in [3.63, 3.8) is 0 Å². The molecule has 0 saturated carbocycles. The number of rotatable bonds is 4. The van der Waals surface area contributed by atoms with E-state index in [1.165, 1.54) is 6.92 Å². The summed E-state index contributed by atoms with van der Waals surface area (Å²) in [5.74, 6) is -2.04. The third-order valence-corrected chi connectivity index (χ3v) is 2.76. The highest BCUT2D eigenvalue weighted by molar-refractivity contribution is 6.68. The minimum atomic E-state index is -5.27. The molecule has 1 rings (SSSR count). The molecule has 4 nitrogen and oxygen atoms in total. The Hall–Kier alpha value is -1.77. The Bertz CT molecular complexity index is 601. The van der Waals surface area contributed by atoms with E-state index in [1.807, 2.05) is 0 Å². The van der Waals surface area contributed by atoms with Gasteiger partial charge in [0.15, 0.2) is 5.69 Å². The first-order valence-corrected chi connectivity index (χ1v) is 5.75. The number of carboxylic acid groups (broad SMARTS) is 1. The first-order chi connectivity index (χ1) is 9.52. The monoisotopic (exact) mass is 331 g/mol. The van der Waals surface area contributed by atoms with Crippen molar-refractivity contribution in [2.75, 3.05) is 0 Å². The van der Waals surface area contributed by atoms with Gasteiger partial charge in [0, 0.05) is 0 Å². The number of hydrogen-bond acceptors (Lipinski definition) is 3. The highest BCUT2D eigenvalue weighted by Gasteiger charge is 2.41. The number of aromatic carboxylic acids is 1. The van der Waals surface area contributed by atoms with Crippen LogP contribution in [0.1, 0.15) is 51.0 Å². The maximum Gasteiger partial charge on any atom is 0.434 e. The second-order valence-electron chi connectivity index (χ2n) is 3.81. The quantitative estimate of drug-likeness (QED) is 0.675. The fraction of sp³-hybridized carbons (Fsp3) is 0.364. The summed E-state index contributed by atoms with van der Waals surface area (Å²) in [6.45, 7) is 1.21. The van der Waals surface area contributed by atoms with Gasteiger partial charge in [0.25, 0.3) is 11.7 Å². The lowest BCUT2D eigenvalue weighted by Gasteiger charge is -2.17. The number of hydrogen-bond donors (Lipinski definition) is 1. The second-order valence-corrected chi connectivity index (χ2v) is 4.15. The van der Waals surface area contributed by atoms with E-state index < -0.39 is 58.3 Å². The van der Waals surface area contributed by atoms with E-state index >= 15 is 0 Å². The van der Waals surface area contributed by atoms with Gasteiger partial charge in [-0.1, -0.05) is 6.92 Å². The summed E-state index contributed by atoms with van der Waals surface area (Å²) in [4.78, 5) is 24.9. The molecule has 1 N–H and O–H groups in total. The summed E-state index contributed by atoms with van der Waals surface area (Å²) in [5.41, 5.74) is -6.54. The molecule has 0 radical (unpaired) electrons. The zero-order valence-corrected chi connectivity index (χ0v) is 11.0. The van der Waals surface area contributed by atoms with Crippen molar-refractivity contribution in [3.8, 4) is 0 Å². The fourth-order valence-corrected chi connectivity index (χ4v) is 2.03. The average molecular weight is 332 g/mol. The van der Waals surface area contributed by atoms with Crippen LogP contribution in [-0.2, 0) is 12.6 Å². The third-order valence-electron chi connectivity index (χ3n) is 2.57. The van der Waals surface area contributed by atoms with Crippen LogP contribution >= 0.6 is 11.6 Å². The molecule has 0 aromatic carbocycles. The van der Waals surface area contributed by atoms with Crippen LogP contribution in [0.5, 0.6) is 0 Å². The smallest absolute Gasteiger partial charge is 0.434 e. The molecule has 1 aromatic rings. The minimum absolute atomic E-state index is 0.416. The molecule has 0 saturated heterocycles. The molecule has 0 fully saturated rings. The van der Waals surface area contributed by atoms with E-state index in [2.05, 4.69) is 4.98 Å². The molecule has 0 aliphatic heterocycles. The summed E-state index contributed by atoms with van der Waals surface area (Å²) in [6, 6.07) is 0. The molecule has 0 unspecified atom stereocenters. The van der Waals surface area contributed by atoms with Gasteiger partial charge in [0.1, 0.15) is 5.69 Å². The lowest BCUT2D eigenvalue weighted by atomic mass is 9.96. The second kappa shape index (κ2) is 5.92. The highest BCUT2D eigenvalue weighted by atomic mass is 35.5. The van der Waals surface area contributed by atoms with E-state index in [1.54, 1.807) is 0 Å². The molecule has 21 heavy (non-hydrogen) atoms. The van der Waals surface area contributed by atoms with Crippen LogP contribution in [0.4, 0.5) is 22.0 Å². The van der Waals surface area contributed by atoms with Crippen molar-refractivity contribution in [3.05, 3.63) is 28.1 Å². The van der Waals surface area contributed by atoms with Crippen molar-refractivity contribution >= 4 is 22.8 Å². The van der Waals surface area contributed by atoms with Crippen LogP contribution in [0.15, 0.2) is 0 Å². The van der Waals surface area contributed by atoms with Crippen molar-refractivity contribution in [2.45, 2.75) is 25.9 Å². The maximum absolute atomic E-state index is 12.8. The average Bonchev–Trinajstić information content (AvgIpc) is 2.34. The summed E-state index contributed by atoms with van der Waals surface area (Å²) in [6.07, 6.45) is -9.20. The SMILES string of the molecule is CCc1c(C(=O)Cl)c(C(F)F)nc(C(F)(F)F)c1C(=O)O. The molecular weight excluding hydrogens is 325 g/mol. The van der Waals surface area contributed by atoms with Gasteiger partial charge in [-0.05, 0) is 23.6 Å². The first-order valence-electron chi connectivity index (χ1n) is 5.37. The number of halogens is 6. The normalized spacial score (nSPS) is 11.8. The lowest BCUT2D eigenvalue weighted by molar-refractivity contribution is -0.142. The maximum atomic E-state index is 12.8. The van der Waals surface area contributed by atoms with Crippen molar-refractivity contribution < 1.29 is 36.6 Å². The predicted molar refractivity (Wildman–Crippen MR) is 60.7 cm³/mol. The Morgan fingerprint density at radius 1 is 1.29 bits per heavy atom. The van der Waals surface area contributed by atoms with Gasteiger partial charge in [-0.3, -0.25) is 4.79 Å². The van der Waals surface area contributed by atoms with Crippen LogP contribution in [0, 0.1) is 0 Å². The van der Waals surface area contributed by atoms with Crippen molar-refractivity contribution in [1.82, 2.24) is 4.98 Å². The van der Waals surface area contributed by atoms with Crippen LogP contribution < -0.4 is 0 Å². The molecule has 1 aromatic heterocycles. The number of alkyl halides is 5. The Morgan fingerprint density at radius 3 is 2.10 bits per heavy atom. The van der Waals surface area contributed by atoms with Gasteiger partial charge in [0.05, 0.1) is 11.1 Å². The highest BCUT2D eigenvalue weighted by Crippen LogP contribution is 2.37. The molecule has 0 bridgehead atoms. The molecule has 0 aliphatic rings. The summed E-state index contributed by atoms with van der Waals surface area (Å²) < 4.78 is 64.1. The topological polar surface area (TPSA) is 67.3 Å². The van der Waals surface area contributed by atoms with E-state index in [0.29, 0.717) is 0 Å². The molecule has 0 amide bonds. The molecular formula is C11H7ClF5NO3. The van der Waals surface area contributed by atoms with Gasteiger partial charge in [-0.15, -0.1) is 0 Å². The fourth-order valence-electron chi connectivity index (χ4n) is 1.82. The predicted octanol–water partition coefficient (Wildman–Crippen LogP) is 3.68. The Labute approximate surface area is 119 Å². The van der Waals surface area contributed by atoms with Crippen molar-refractivity contribution in [2.24, 2.45) is 0 Å². The lowest BCUT2D eigenvalue weighted by Crippen LogP contribution is -2.22. The zero-order valence-electron chi connectivity index (χ0n) is 10.3. The van der Waals surface area contributed by atoms with Crippen LogP contribution in [0.3, 0.4) is 0 Å². The van der Waals surface area contributed by atoms with Crippen LogP contribution in [0.25, 0.3) is 0 Å². The van der Waals surface area contributed by atoms with Crippen molar-refractivity contribution in [1.29, 1.82) is 0 Å². The minimum Gasteiger partial charge on any atom is -0.478 e. The molecule has 116 valence electrons. The Morgan fingerprint density at radius 2 is 1.81 bits per heavy atom. The standard InChI is InChI=1S/C11H7ClF5NO3/c1-2-3-4(8(12)19)6(9(13)14)18-7(11(15,16)17)5(3)10(20)21/h9H,2H2,1H3,(H,20,21). The molecule has 10 heteroatoms. The van der Waals surface area contributed by atoms with Crippen LogP contribution in [-0.4, -0.2) is 21.3 Å². The Balaban J connectivity index is 3.98. The van der Waals surface area contributed by atoms with E-state index in [0.717, 1.165) is 0 Å². The third kappa shape index (κ3) is 3.29. The van der Waals surface area contributed by atoms with E-state index in [9.17, 15) is 31.5 Å². The summed E-state index contributed by atoms with van der Waals surface area (Å²) in [5, 5.41) is 7.40. The van der Waals surface area contributed by atoms with E-state index in [-0.39, 0.29) is 0 Å². The molecule has 1 heterocycles. The first kappa shape index (κ1) is 17.3. The van der Waals surface area contributed by atoms with E-state index in [4.69, 9.17) is 16.7 Å². The number of nitrogens with zero attached hydrogens (tertiary/aromatic N) is 1. The number of pyridine rings is 1. The zero-order chi connectivity index (χ0) is 16.5. The Kier molecular flexibility index (Phi) is 4.87. The van der Waals surface area contributed by atoms with Gasteiger partial charge >= 0.3 is 12.1 Å². The molecule has 0 spiro atoms. The number of carbonyl (C=O) groups excluding carboxylic acids is 1. The van der Waals surface area contributed by atoms with Gasteiger partial charge in [0.2, 0.25) is 0 Å². The molecule has 0 aliphatic carbocycles. The summed E-state index contributed by atoms with van der Waals surface area (Å²) in [7, 11) is 0. The number of carbonyl (C=O) groups is 2. The summed E-state index contributed by atoms with van der Waals surface area (Å²) >= 11 is 5.09. The largest absolute Gasteiger partial charge is 0.478 e. The number of carboxylic acids is 1. The van der Waals surface area contributed by atoms with Gasteiger partial charge in [-0.2, -0.15) is 13.2 Å². The van der Waals surface area contributed by atoms with Gasteiger partial charge in [-0.25, -0.2) is 18.6 Å². The van der Waals surface area contributed by atoms with Gasteiger partial charge < -0.3 is 5.11 Å². The molecule has 0 atom stereocenters.